The standard InChI is InChI=1S/C19H7Cl4FN4O2S/c20-10-3-8(7-25)4-11(6-10)29-16-12(21)2-1-9(15(16)24)5-13-26-27-19(30-13)14-17(22)28-31-18(14)23/h1-4,6H,5H2. The van der Waals surface area contributed by atoms with Gasteiger partial charge in [0.25, 0.3) is 5.89 Å². The highest BCUT2D eigenvalue weighted by molar-refractivity contribution is 7.11. The molecule has 156 valence electrons. The predicted octanol–water partition coefficient (Wildman–Crippen LogP) is 7.20. The lowest BCUT2D eigenvalue weighted by atomic mass is 10.1. The fraction of sp³-hybridized carbons (Fsp3) is 0.0526. The van der Waals surface area contributed by atoms with Crippen LogP contribution in [0.1, 0.15) is 17.0 Å². The zero-order chi connectivity index (χ0) is 22.1. The van der Waals surface area contributed by atoms with Gasteiger partial charge in [-0.15, -0.1) is 10.2 Å². The van der Waals surface area contributed by atoms with E-state index < -0.39 is 5.82 Å². The highest BCUT2D eigenvalue weighted by atomic mass is 35.5. The van der Waals surface area contributed by atoms with Crippen LogP contribution in [0.15, 0.2) is 34.7 Å². The first-order valence-electron chi connectivity index (χ1n) is 8.34. The average molecular weight is 516 g/mol. The molecular formula is C19H7Cl4FN4O2S. The maximum absolute atomic E-state index is 15.1. The third-order valence-corrected chi connectivity index (χ3v) is 5.90. The Morgan fingerprint density at radius 1 is 1.13 bits per heavy atom. The van der Waals surface area contributed by atoms with Crippen molar-refractivity contribution in [2.45, 2.75) is 6.42 Å². The first-order valence-corrected chi connectivity index (χ1v) is 10.6. The van der Waals surface area contributed by atoms with E-state index in [2.05, 4.69) is 14.6 Å². The van der Waals surface area contributed by atoms with Gasteiger partial charge in [0.15, 0.2) is 16.7 Å². The van der Waals surface area contributed by atoms with Crippen LogP contribution >= 0.6 is 57.9 Å². The van der Waals surface area contributed by atoms with Gasteiger partial charge in [0.2, 0.25) is 5.89 Å². The molecule has 0 fully saturated rings. The molecule has 0 saturated carbocycles. The van der Waals surface area contributed by atoms with Gasteiger partial charge in [0.1, 0.15) is 15.6 Å². The number of aromatic nitrogens is 3. The monoisotopic (exact) mass is 514 g/mol. The van der Waals surface area contributed by atoms with Crippen LogP contribution in [0.25, 0.3) is 11.5 Å². The second kappa shape index (κ2) is 8.99. The van der Waals surface area contributed by atoms with Gasteiger partial charge in [-0.3, -0.25) is 0 Å². The third-order valence-electron chi connectivity index (χ3n) is 3.98. The van der Waals surface area contributed by atoms with E-state index in [-0.39, 0.29) is 56.0 Å². The van der Waals surface area contributed by atoms with Crippen molar-refractivity contribution in [3.8, 4) is 29.0 Å². The quantitative estimate of drug-likeness (QED) is 0.279. The summed E-state index contributed by atoms with van der Waals surface area (Å²) in [6.07, 6.45) is -0.0435. The zero-order valence-corrected chi connectivity index (χ0v) is 18.8. The number of rotatable bonds is 5. The topological polar surface area (TPSA) is 84.8 Å². The highest BCUT2D eigenvalue weighted by Crippen LogP contribution is 2.38. The van der Waals surface area contributed by atoms with E-state index in [1.165, 1.54) is 30.3 Å². The van der Waals surface area contributed by atoms with Crippen molar-refractivity contribution >= 4 is 57.9 Å². The van der Waals surface area contributed by atoms with Gasteiger partial charge in [-0.1, -0.05) is 52.5 Å². The van der Waals surface area contributed by atoms with E-state index in [1.54, 1.807) is 0 Å². The number of nitriles is 1. The lowest BCUT2D eigenvalue weighted by molar-refractivity contribution is 0.437. The van der Waals surface area contributed by atoms with Crippen LogP contribution in [0.2, 0.25) is 19.5 Å². The Morgan fingerprint density at radius 3 is 2.65 bits per heavy atom. The van der Waals surface area contributed by atoms with E-state index in [9.17, 15) is 0 Å². The first-order chi connectivity index (χ1) is 14.9. The van der Waals surface area contributed by atoms with E-state index in [0.717, 1.165) is 11.5 Å². The average Bonchev–Trinajstić information content (AvgIpc) is 3.32. The van der Waals surface area contributed by atoms with Crippen molar-refractivity contribution in [3.63, 3.8) is 0 Å². The van der Waals surface area contributed by atoms with E-state index in [4.69, 9.17) is 60.8 Å². The summed E-state index contributed by atoms with van der Waals surface area (Å²) in [5.74, 6) is -0.587. The molecule has 0 spiro atoms. The molecule has 0 N–H and O–H groups in total. The first kappa shape index (κ1) is 21.8. The largest absolute Gasteiger partial charge is 0.453 e. The number of benzene rings is 2. The second-order valence-electron chi connectivity index (χ2n) is 6.04. The normalized spacial score (nSPS) is 10.8. The van der Waals surface area contributed by atoms with Crippen molar-refractivity contribution in [2.24, 2.45) is 0 Å². The Kier molecular flexibility index (Phi) is 6.32. The van der Waals surface area contributed by atoms with Gasteiger partial charge in [-0.25, -0.2) is 4.39 Å². The molecule has 0 aliphatic carbocycles. The van der Waals surface area contributed by atoms with Gasteiger partial charge in [-0.05, 0) is 35.8 Å². The van der Waals surface area contributed by atoms with Crippen LogP contribution in [-0.4, -0.2) is 14.6 Å². The van der Waals surface area contributed by atoms with E-state index in [1.807, 2.05) is 6.07 Å². The number of nitrogens with zero attached hydrogens (tertiary/aromatic N) is 4. The molecule has 0 saturated heterocycles. The molecule has 0 amide bonds. The summed E-state index contributed by atoms with van der Waals surface area (Å²) >= 11 is 25.1. The summed E-state index contributed by atoms with van der Waals surface area (Å²) in [5.41, 5.74) is 0.772. The van der Waals surface area contributed by atoms with Crippen LogP contribution in [0, 0.1) is 17.1 Å². The Morgan fingerprint density at radius 2 is 1.94 bits per heavy atom. The van der Waals surface area contributed by atoms with Crippen molar-refractivity contribution < 1.29 is 13.5 Å². The van der Waals surface area contributed by atoms with Gasteiger partial charge in [-0.2, -0.15) is 9.64 Å². The maximum Gasteiger partial charge on any atom is 0.253 e. The zero-order valence-electron chi connectivity index (χ0n) is 15.0. The fourth-order valence-electron chi connectivity index (χ4n) is 2.62. The number of halogens is 5. The summed E-state index contributed by atoms with van der Waals surface area (Å²) in [6, 6.07) is 9.21. The molecule has 0 radical (unpaired) electrons. The minimum absolute atomic E-state index is 0.0360. The minimum atomic E-state index is -0.723. The van der Waals surface area contributed by atoms with Gasteiger partial charge in [0.05, 0.1) is 23.1 Å². The minimum Gasteiger partial charge on any atom is -0.453 e. The fourth-order valence-corrected chi connectivity index (χ4v) is 4.21. The van der Waals surface area contributed by atoms with Crippen LogP contribution < -0.4 is 4.74 Å². The van der Waals surface area contributed by atoms with Crippen molar-refractivity contribution in [1.29, 1.82) is 5.26 Å². The maximum atomic E-state index is 15.1. The van der Waals surface area contributed by atoms with Crippen molar-refractivity contribution in [1.82, 2.24) is 14.6 Å². The van der Waals surface area contributed by atoms with Crippen molar-refractivity contribution in [3.05, 3.63) is 72.7 Å². The molecule has 31 heavy (non-hydrogen) atoms. The second-order valence-corrected chi connectivity index (χ2v) is 8.62. The number of ether oxygens (including phenoxy) is 1. The number of hydrogen-bond donors (Lipinski definition) is 0. The van der Waals surface area contributed by atoms with E-state index >= 15 is 4.39 Å². The Hall–Kier alpha value is -2.41. The molecule has 2 aromatic carbocycles. The van der Waals surface area contributed by atoms with Crippen LogP contribution in [0.5, 0.6) is 11.5 Å². The Labute approximate surface area is 198 Å². The van der Waals surface area contributed by atoms with Gasteiger partial charge < -0.3 is 9.15 Å². The smallest absolute Gasteiger partial charge is 0.253 e. The van der Waals surface area contributed by atoms with Crippen LogP contribution in [0.3, 0.4) is 0 Å². The summed E-state index contributed by atoms with van der Waals surface area (Å²) in [4.78, 5) is 0. The highest BCUT2D eigenvalue weighted by Gasteiger charge is 2.21. The molecule has 0 aliphatic heterocycles. The summed E-state index contributed by atoms with van der Waals surface area (Å²) < 4.78 is 30.5. The summed E-state index contributed by atoms with van der Waals surface area (Å²) in [6.45, 7) is 0. The Bertz CT molecular complexity index is 1320. The predicted molar refractivity (Wildman–Crippen MR) is 116 cm³/mol. The van der Waals surface area contributed by atoms with Gasteiger partial charge in [0, 0.05) is 10.6 Å². The molecule has 12 heteroatoms. The molecule has 4 rings (SSSR count). The lowest BCUT2D eigenvalue weighted by Crippen LogP contribution is -1.98. The van der Waals surface area contributed by atoms with Crippen LogP contribution in [-0.2, 0) is 6.42 Å². The van der Waals surface area contributed by atoms with Gasteiger partial charge >= 0.3 is 0 Å². The summed E-state index contributed by atoms with van der Waals surface area (Å²) in [7, 11) is 0. The molecule has 4 aromatic rings. The van der Waals surface area contributed by atoms with Crippen LogP contribution in [0.4, 0.5) is 4.39 Å². The van der Waals surface area contributed by atoms with Crippen molar-refractivity contribution in [2.75, 3.05) is 0 Å². The SMILES string of the molecule is N#Cc1cc(Cl)cc(Oc2c(Cl)ccc(Cc3nnc(-c4c(Cl)nsc4Cl)o3)c2F)c1. The molecule has 0 bridgehead atoms. The van der Waals surface area contributed by atoms with E-state index in [0.29, 0.717) is 9.90 Å². The number of hydrogen-bond acceptors (Lipinski definition) is 7. The molecule has 2 heterocycles. The molecule has 2 aromatic heterocycles. The summed E-state index contributed by atoms with van der Waals surface area (Å²) in [5, 5.41) is 17.3. The molecule has 0 atom stereocenters. The lowest BCUT2D eigenvalue weighted by Gasteiger charge is -2.11. The third kappa shape index (κ3) is 4.61. The molecule has 0 unspecified atom stereocenters. The Balaban J connectivity index is 1.63. The molecular weight excluding hydrogens is 509 g/mol. The molecule has 6 nitrogen and oxygen atoms in total. The molecule has 0 aliphatic rings.